The SMILES string of the molecule is O=P(O)(O)OP(=O)(O)OP(=O)(O)OC[C@@]1(F)O[C@@H](n2cc(F)c(=S)[nH]c2=S)[C@@](F)(CF)C1O. The van der Waals surface area contributed by atoms with E-state index in [0.29, 0.717) is 10.8 Å². The fourth-order valence-electron chi connectivity index (χ4n) is 2.49. The summed E-state index contributed by atoms with van der Waals surface area (Å²) in [5.41, 5.74) is -3.68. The van der Waals surface area contributed by atoms with E-state index >= 15 is 8.78 Å². The smallest absolute Gasteiger partial charge is 0.383 e. The number of nitrogens with zero attached hydrogens (tertiary/aromatic N) is 1. The Labute approximate surface area is 190 Å². The summed E-state index contributed by atoms with van der Waals surface area (Å²) in [6, 6.07) is 0. The Morgan fingerprint density at radius 2 is 1.73 bits per heavy atom. The molecule has 33 heavy (non-hydrogen) atoms. The Morgan fingerprint density at radius 3 is 2.24 bits per heavy atom. The maximum absolute atomic E-state index is 15.1. The van der Waals surface area contributed by atoms with E-state index < -0.39 is 75.8 Å². The minimum Gasteiger partial charge on any atom is -0.383 e. The van der Waals surface area contributed by atoms with Crippen LogP contribution >= 0.6 is 47.9 Å². The molecule has 0 aromatic carbocycles. The fraction of sp³-hybridized carbons (Fsp3) is 0.600. The normalized spacial score (nSPS) is 31.8. The monoisotopic (exact) mass is 586 g/mol. The van der Waals surface area contributed by atoms with Crippen LogP contribution in [-0.4, -0.2) is 65.1 Å². The molecule has 1 saturated heterocycles. The molecule has 0 bridgehead atoms. The second kappa shape index (κ2) is 9.55. The number of nitrogens with one attached hydrogen (secondary N) is 1. The number of H-pyrrole nitrogens is 1. The molecular formula is C10H13F4N2O12P3S2. The van der Waals surface area contributed by atoms with Gasteiger partial charge in [-0.2, -0.15) is 8.62 Å². The van der Waals surface area contributed by atoms with Crippen molar-refractivity contribution in [3.63, 3.8) is 0 Å². The Balaban J connectivity index is 2.31. The number of phosphoric ester groups is 1. The first-order valence-electron chi connectivity index (χ1n) is 7.84. The highest BCUT2D eigenvalue weighted by Gasteiger charge is 2.67. The van der Waals surface area contributed by atoms with E-state index in [2.05, 4.69) is 35.1 Å². The van der Waals surface area contributed by atoms with Gasteiger partial charge >= 0.3 is 23.5 Å². The minimum absolute atomic E-state index is 0.315. The van der Waals surface area contributed by atoms with Gasteiger partial charge in [0.05, 0.1) is 0 Å². The number of hydrogen-bond acceptors (Lipinski definition) is 10. The number of hydrogen-bond donors (Lipinski definition) is 6. The third kappa shape index (κ3) is 6.62. The average Bonchev–Trinajstić information content (AvgIpc) is 2.82. The van der Waals surface area contributed by atoms with E-state index in [9.17, 15) is 32.5 Å². The first-order chi connectivity index (χ1) is 14.8. The van der Waals surface area contributed by atoms with Gasteiger partial charge in [-0.15, -0.1) is 0 Å². The third-order valence-corrected chi connectivity index (χ3v) is 8.20. The molecule has 190 valence electrons. The van der Waals surface area contributed by atoms with E-state index in [4.69, 9.17) is 26.9 Å². The van der Waals surface area contributed by atoms with Gasteiger partial charge in [0.1, 0.15) is 17.9 Å². The number of halogens is 4. The van der Waals surface area contributed by atoms with E-state index in [-0.39, 0.29) is 0 Å². The molecule has 1 aromatic heterocycles. The molecule has 0 saturated carbocycles. The number of rotatable bonds is 9. The van der Waals surface area contributed by atoms with Crippen LogP contribution in [0.4, 0.5) is 17.6 Å². The second-order valence-corrected chi connectivity index (χ2v) is 11.4. The van der Waals surface area contributed by atoms with Crippen molar-refractivity contribution in [1.82, 2.24) is 9.55 Å². The molecular weight excluding hydrogens is 573 g/mol. The highest BCUT2D eigenvalue weighted by molar-refractivity contribution is 7.72. The van der Waals surface area contributed by atoms with Crippen molar-refractivity contribution in [2.24, 2.45) is 0 Å². The molecule has 23 heteroatoms. The van der Waals surface area contributed by atoms with Gasteiger partial charge in [0, 0.05) is 6.20 Å². The summed E-state index contributed by atoms with van der Waals surface area (Å²) in [6.07, 6.45) is -5.25. The summed E-state index contributed by atoms with van der Waals surface area (Å²) in [7, 11) is -17.6. The molecule has 0 amide bonds. The molecule has 3 unspecified atom stereocenters. The zero-order valence-corrected chi connectivity index (χ0v) is 19.7. The first-order valence-corrected chi connectivity index (χ1v) is 13.2. The molecule has 1 fully saturated rings. The van der Waals surface area contributed by atoms with Crippen LogP contribution in [0, 0.1) is 15.2 Å². The highest BCUT2D eigenvalue weighted by Crippen LogP contribution is 2.66. The molecule has 0 radical (unpaired) electrons. The largest absolute Gasteiger partial charge is 0.490 e. The average molecular weight is 586 g/mol. The fourth-order valence-corrected chi connectivity index (χ4v) is 5.99. The van der Waals surface area contributed by atoms with Crippen molar-refractivity contribution in [3.05, 3.63) is 21.4 Å². The number of aromatic amines is 1. The van der Waals surface area contributed by atoms with Crippen molar-refractivity contribution in [2.75, 3.05) is 13.3 Å². The lowest BCUT2D eigenvalue weighted by Gasteiger charge is -2.27. The van der Waals surface area contributed by atoms with Crippen LogP contribution < -0.4 is 0 Å². The van der Waals surface area contributed by atoms with Gasteiger partial charge in [0.25, 0.3) is 5.85 Å². The van der Waals surface area contributed by atoms with Crippen LogP contribution in [0.1, 0.15) is 6.23 Å². The predicted molar refractivity (Wildman–Crippen MR) is 100 cm³/mol. The Bertz CT molecular complexity index is 1180. The molecule has 2 rings (SSSR count). The molecule has 14 nitrogen and oxygen atoms in total. The summed E-state index contributed by atoms with van der Waals surface area (Å²) in [5.74, 6) is -5.11. The van der Waals surface area contributed by atoms with Crippen molar-refractivity contribution < 1.29 is 73.8 Å². The minimum atomic E-state index is -5.98. The van der Waals surface area contributed by atoms with Crippen LogP contribution in [0.2, 0.25) is 0 Å². The lowest BCUT2D eigenvalue weighted by Crippen LogP contribution is -2.49. The maximum atomic E-state index is 15.1. The van der Waals surface area contributed by atoms with Crippen LogP contribution in [0.15, 0.2) is 6.20 Å². The van der Waals surface area contributed by atoms with Crippen LogP contribution in [0.25, 0.3) is 0 Å². The van der Waals surface area contributed by atoms with Crippen LogP contribution in [0.5, 0.6) is 0 Å². The number of aliphatic hydroxyl groups excluding tert-OH is 1. The standard InChI is InChI=1S/C10H13F4N2O12P3S2/c11-2-9(13)6(17)10(14,26-7(9)16-1-4(12)5(32)15-8(16)33)3-25-30(21,22)28-31(23,24)27-29(18,19)20/h1,6-7,17H,2-3H2,(H,21,22)(H,23,24)(H,15,32,33)(H2,18,19,20)/t6?,7-,9-,10-/m1/s1. The summed E-state index contributed by atoms with van der Waals surface area (Å²) in [4.78, 5) is 37.4. The summed E-state index contributed by atoms with van der Waals surface area (Å²) >= 11 is 9.31. The molecule has 0 spiro atoms. The van der Waals surface area contributed by atoms with Gasteiger partial charge in [-0.3, -0.25) is 9.09 Å². The van der Waals surface area contributed by atoms with Crippen molar-refractivity contribution in [2.45, 2.75) is 23.9 Å². The van der Waals surface area contributed by atoms with Gasteiger partial charge in [-0.1, -0.05) is 12.2 Å². The van der Waals surface area contributed by atoms with Crippen molar-refractivity contribution >= 4 is 47.9 Å². The zero-order chi connectivity index (χ0) is 25.6. The van der Waals surface area contributed by atoms with Crippen LogP contribution in [-0.2, 0) is 31.6 Å². The zero-order valence-electron chi connectivity index (χ0n) is 15.4. The molecule has 1 aromatic rings. The van der Waals surface area contributed by atoms with Gasteiger partial charge in [0.15, 0.2) is 22.9 Å². The first kappa shape index (κ1) is 28.8. The number of alkyl halides is 3. The lowest BCUT2D eigenvalue weighted by molar-refractivity contribution is -0.204. The summed E-state index contributed by atoms with van der Waals surface area (Å²) in [5, 5.41) is 9.99. The van der Waals surface area contributed by atoms with E-state index in [1.54, 1.807) is 0 Å². The molecule has 1 aliphatic heterocycles. The third-order valence-electron chi connectivity index (χ3n) is 3.80. The predicted octanol–water partition coefficient (Wildman–Crippen LogP) is 1.99. The Kier molecular flexibility index (Phi) is 8.34. The van der Waals surface area contributed by atoms with E-state index in [0.717, 1.165) is 0 Å². The second-order valence-electron chi connectivity index (χ2n) is 6.23. The van der Waals surface area contributed by atoms with E-state index in [1.807, 2.05) is 0 Å². The Hall–Kier alpha value is -0.430. The highest BCUT2D eigenvalue weighted by atomic mass is 32.1. The maximum Gasteiger partial charge on any atom is 0.490 e. The van der Waals surface area contributed by atoms with Crippen LogP contribution in [0.3, 0.4) is 0 Å². The number of aliphatic hydroxyl groups is 1. The molecule has 2 heterocycles. The molecule has 0 aliphatic carbocycles. The quantitative estimate of drug-likeness (QED) is 0.139. The number of aromatic nitrogens is 2. The number of phosphoric acid groups is 3. The topological polar surface area (TPSA) is 210 Å². The number of ether oxygens (including phenoxy) is 1. The van der Waals surface area contributed by atoms with Gasteiger partial charge in [0.2, 0.25) is 5.67 Å². The lowest BCUT2D eigenvalue weighted by atomic mass is 9.96. The molecule has 1 aliphatic rings. The van der Waals surface area contributed by atoms with Gasteiger partial charge < -0.3 is 34.4 Å². The van der Waals surface area contributed by atoms with E-state index in [1.165, 1.54) is 0 Å². The Morgan fingerprint density at radius 1 is 1.15 bits per heavy atom. The van der Waals surface area contributed by atoms with Crippen molar-refractivity contribution in [3.8, 4) is 0 Å². The van der Waals surface area contributed by atoms with Gasteiger partial charge in [-0.25, -0.2) is 31.3 Å². The van der Waals surface area contributed by atoms with Gasteiger partial charge in [-0.05, 0) is 12.2 Å². The molecule has 6 atom stereocenters. The summed E-state index contributed by atoms with van der Waals surface area (Å²) in [6.45, 7) is -4.14. The molecule has 6 N–H and O–H groups in total. The summed E-state index contributed by atoms with van der Waals surface area (Å²) < 4.78 is 106. The van der Waals surface area contributed by atoms with Crippen molar-refractivity contribution in [1.29, 1.82) is 0 Å².